The maximum Gasteiger partial charge on any atom is 0.271 e. The Morgan fingerprint density at radius 1 is 1.15 bits per heavy atom. The smallest absolute Gasteiger partial charge is 0.271 e. The third-order valence-corrected chi connectivity index (χ3v) is 4.89. The van der Waals surface area contributed by atoms with E-state index in [0.717, 1.165) is 21.8 Å². The number of thiazole rings is 1. The van der Waals surface area contributed by atoms with E-state index in [2.05, 4.69) is 25.8 Å². The van der Waals surface area contributed by atoms with Crippen LogP contribution in [0.2, 0.25) is 0 Å². The molecule has 4 rings (SSSR count). The highest BCUT2D eigenvalue weighted by molar-refractivity contribution is 7.13. The van der Waals surface area contributed by atoms with Gasteiger partial charge in [0.1, 0.15) is 10.7 Å². The summed E-state index contributed by atoms with van der Waals surface area (Å²) < 4.78 is 0. The molecule has 0 spiro atoms. The Labute approximate surface area is 159 Å². The Bertz CT molecular complexity index is 1030. The van der Waals surface area contributed by atoms with Gasteiger partial charge < -0.3 is 5.32 Å². The van der Waals surface area contributed by atoms with E-state index in [-0.39, 0.29) is 18.2 Å². The van der Waals surface area contributed by atoms with Gasteiger partial charge in [0.2, 0.25) is 5.91 Å². The average Bonchev–Trinajstić information content (AvgIpc) is 3.20. The van der Waals surface area contributed by atoms with E-state index in [1.807, 2.05) is 35.7 Å². The van der Waals surface area contributed by atoms with E-state index in [1.54, 1.807) is 29.8 Å². The number of hydrogen-bond donors (Lipinski definition) is 2. The average molecular weight is 377 g/mol. The van der Waals surface area contributed by atoms with Gasteiger partial charge in [0.15, 0.2) is 0 Å². The molecule has 2 amide bonds. The zero-order chi connectivity index (χ0) is 18.6. The second kappa shape index (κ2) is 7.46. The number of carbonyl (C=O) groups is 2. The Kier molecular flexibility index (Phi) is 4.71. The highest BCUT2D eigenvalue weighted by Crippen LogP contribution is 2.29. The van der Waals surface area contributed by atoms with Crippen LogP contribution in [0, 0.1) is 0 Å². The van der Waals surface area contributed by atoms with Gasteiger partial charge in [0.05, 0.1) is 5.69 Å². The molecule has 0 fully saturated rings. The fraction of sp³-hybridized carbons (Fsp3) is 0.105. The standard InChI is InChI=1S/C19H15N5O2S/c25-17-7-6-15(23-24-17)18(26)21-14-5-1-3-12(9-14)16-11-27-19(22-16)13-4-2-8-20-10-13/h1-5,8-11H,6-7H2,(H,21,26)(H,24,25). The van der Waals surface area contributed by atoms with Crippen LogP contribution in [-0.4, -0.2) is 27.5 Å². The molecule has 0 aliphatic carbocycles. The first-order valence-electron chi connectivity index (χ1n) is 8.32. The summed E-state index contributed by atoms with van der Waals surface area (Å²) in [6.45, 7) is 0. The largest absolute Gasteiger partial charge is 0.321 e. The number of rotatable bonds is 4. The highest BCUT2D eigenvalue weighted by atomic mass is 32.1. The molecule has 3 heterocycles. The molecule has 0 saturated carbocycles. The molecule has 0 atom stereocenters. The maximum atomic E-state index is 12.3. The molecule has 2 N–H and O–H groups in total. The summed E-state index contributed by atoms with van der Waals surface area (Å²) in [6.07, 6.45) is 4.11. The van der Waals surface area contributed by atoms with E-state index in [0.29, 0.717) is 17.8 Å². The van der Waals surface area contributed by atoms with Gasteiger partial charge in [-0.25, -0.2) is 10.4 Å². The van der Waals surface area contributed by atoms with Crippen molar-refractivity contribution in [2.24, 2.45) is 5.10 Å². The molecule has 1 aliphatic rings. The predicted molar refractivity (Wildman–Crippen MR) is 104 cm³/mol. The van der Waals surface area contributed by atoms with Gasteiger partial charge in [0.25, 0.3) is 5.91 Å². The maximum absolute atomic E-state index is 12.3. The summed E-state index contributed by atoms with van der Waals surface area (Å²) in [5, 5.41) is 9.50. The van der Waals surface area contributed by atoms with Crippen LogP contribution in [0.3, 0.4) is 0 Å². The first kappa shape index (κ1) is 17.0. The van der Waals surface area contributed by atoms with Gasteiger partial charge >= 0.3 is 0 Å². The van der Waals surface area contributed by atoms with Crippen molar-refractivity contribution in [3.05, 3.63) is 54.2 Å². The normalized spacial score (nSPS) is 13.6. The lowest BCUT2D eigenvalue weighted by Gasteiger charge is -2.12. The van der Waals surface area contributed by atoms with Gasteiger partial charge in [0, 0.05) is 47.4 Å². The summed E-state index contributed by atoms with van der Waals surface area (Å²) in [6, 6.07) is 11.3. The summed E-state index contributed by atoms with van der Waals surface area (Å²) in [7, 11) is 0. The van der Waals surface area contributed by atoms with E-state index >= 15 is 0 Å². The molecule has 134 valence electrons. The third kappa shape index (κ3) is 3.90. The van der Waals surface area contributed by atoms with Gasteiger partial charge in [-0.15, -0.1) is 11.3 Å². The molecule has 1 aromatic carbocycles. The predicted octanol–water partition coefficient (Wildman–Crippen LogP) is 3.08. The fourth-order valence-corrected chi connectivity index (χ4v) is 3.45. The second-order valence-electron chi connectivity index (χ2n) is 5.91. The molecule has 0 bridgehead atoms. The highest BCUT2D eigenvalue weighted by Gasteiger charge is 2.18. The topological polar surface area (TPSA) is 96.3 Å². The zero-order valence-electron chi connectivity index (χ0n) is 14.2. The Morgan fingerprint density at radius 3 is 2.81 bits per heavy atom. The molecule has 0 saturated heterocycles. The minimum absolute atomic E-state index is 0.179. The molecule has 7 nitrogen and oxygen atoms in total. The van der Waals surface area contributed by atoms with Gasteiger partial charge in [-0.2, -0.15) is 5.10 Å². The lowest BCUT2D eigenvalue weighted by Crippen LogP contribution is -2.32. The molecular weight excluding hydrogens is 362 g/mol. The van der Waals surface area contributed by atoms with Crippen LogP contribution in [0.4, 0.5) is 5.69 Å². The molecule has 1 aliphatic heterocycles. The summed E-state index contributed by atoms with van der Waals surface area (Å²) in [5.41, 5.74) is 5.99. The van der Waals surface area contributed by atoms with Crippen molar-refractivity contribution >= 4 is 34.6 Å². The third-order valence-electron chi connectivity index (χ3n) is 4.00. The van der Waals surface area contributed by atoms with E-state index in [4.69, 9.17) is 0 Å². The minimum Gasteiger partial charge on any atom is -0.321 e. The van der Waals surface area contributed by atoms with Crippen LogP contribution in [0.25, 0.3) is 21.8 Å². The van der Waals surface area contributed by atoms with Crippen molar-refractivity contribution in [3.8, 4) is 21.8 Å². The minimum atomic E-state index is -0.318. The number of nitrogens with zero attached hydrogens (tertiary/aromatic N) is 3. The van der Waals surface area contributed by atoms with Gasteiger partial charge in [-0.1, -0.05) is 12.1 Å². The molecule has 3 aromatic rings. The van der Waals surface area contributed by atoms with E-state index in [9.17, 15) is 9.59 Å². The zero-order valence-corrected chi connectivity index (χ0v) is 15.0. The number of anilines is 1. The first-order valence-corrected chi connectivity index (χ1v) is 9.20. The SMILES string of the molecule is O=C1CCC(C(=O)Nc2cccc(-c3csc(-c4cccnc4)n3)c2)=NN1. The quantitative estimate of drug-likeness (QED) is 0.730. The van der Waals surface area contributed by atoms with E-state index < -0.39 is 0 Å². The van der Waals surface area contributed by atoms with Crippen molar-refractivity contribution in [3.63, 3.8) is 0 Å². The number of benzene rings is 1. The monoisotopic (exact) mass is 377 g/mol. The number of amides is 2. The molecule has 0 radical (unpaired) electrons. The number of pyridine rings is 1. The van der Waals surface area contributed by atoms with Crippen molar-refractivity contribution in [1.29, 1.82) is 0 Å². The fourth-order valence-electron chi connectivity index (χ4n) is 2.63. The molecular formula is C19H15N5O2S. The Hall–Kier alpha value is -3.39. The number of nitrogens with one attached hydrogen (secondary N) is 2. The number of hydrazone groups is 1. The van der Waals surface area contributed by atoms with Crippen LogP contribution in [0.15, 0.2) is 59.3 Å². The van der Waals surface area contributed by atoms with Gasteiger partial charge in [-0.3, -0.25) is 14.6 Å². The molecule has 8 heteroatoms. The Morgan fingerprint density at radius 2 is 2.04 bits per heavy atom. The summed E-state index contributed by atoms with van der Waals surface area (Å²) >= 11 is 1.54. The van der Waals surface area contributed by atoms with Crippen LogP contribution in [0.5, 0.6) is 0 Å². The van der Waals surface area contributed by atoms with Crippen molar-refractivity contribution in [1.82, 2.24) is 15.4 Å². The van der Waals surface area contributed by atoms with Crippen molar-refractivity contribution < 1.29 is 9.59 Å². The Balaban J connectivity index is 1.52. The molecule has 0 unspecified atom stereocenters. The molecule has 27 heavy (non-hydrogen) atoms. The lowest BCUT2D eigenvalue weighted by atomic mass is 10.1. The van der Waals surface area contributed by atoms with E-state index in [1.165, 1.54) is 0 Å². The number of aromatic nitrogens is 2. The second-order valence-corrected chi connectivity index (χ2v) is 6.77. The van der Waals surface area contributed by atoms with Crippen LogP contribution in [0.1, 0.15) is 12.8 Å². The van der Waals surface area contributed by atoms with Crippen molar-refractivity contribution in [2.75, 3.05) is 5.32 Å². The lowest BCUT2D eigenvalue weighted by molar-refractivity contribution is -0.121. The van der Waals surface area contributed by atoms with Crippen LogP contribution in [-0.2, 0) is 9.59 Å². The van der Waals surface area contributed by atoms with Gasteiger partial charge in [-0.05, 0) is 24.3 Å². The molecule has 2 aromatic heterocycles. The van der Waals surface area contributed by atoms with Crippen LogP contribution < -0.4 is 10.7 Å². The van der Waals surface area contributed by atoms with Crippen molar-refractivity contribution in [2.45, 2.75) is 12.8 Å². The number of carbonyl (C=O) groups excluding carboxylic acids is 2. The number of hydrogen-bond acceptors (Lipinski definition) is 6. The first-order chi connectivity index (χ1) is 13.2. The summed E-state index contributed by atoms with van der Waals surface area (Å²) in [4.78, 5) is 32.2. The van der Waals surface area contributed by atoms with Crippen LogP contribution >= 0.6 is 11.3 Å². The summed E-state index contributed by atoms with van der Waals surface area (Å²) in [5.74, 6) is -0.497.